The van der Waals surface area contributed by atoms with Crippen molar-refractivity contribution in [2.24, 2.45) is 5.92 Å². The van der Waals surface area contributed by atoms with Gasteiger partial charge >= 0.3 is 0 Å². The molecule has 0 bridgehead atoms. The van der Waals surface area contributed by atoms with Gasteiger partial charge < -0.3 is 5.11 Å². The minimum atomic E-state index is 0.240. The summed E-state index contributed by atoms with van der Waals surface area (Å²) in [5.74, 6) is 3.00. The first kappa shape index (κ1) is 11.3. The van der Waals surface area contributed by atoms with Gasteiger partial charge in [0.1, 0.15) is 11.6 Å². The number of rotatable bonds is 3. The summed E-state index contributed by atoms with van der Waals surface area (Å²) in [7, 11) is 0. The lowest BCUT2D eigenvalue weighted by Gasteiger charge is -2.03. The quantitative estimate of drug-likeness (QED) is 0.864. The first-order chi connectivity index (χ1) is 8.69. The molecule has 0 radical (unpaired) electrons. The van der Waals surface area contributed by atoms with E-state index in [9.17, 15) is 0 Å². The fourth-order valence-corrected chi connectivity index (χ4v) is 2.27. The van der Waals surface area contributed by atoms with Crippen LogP contribution >= 0.6 is 0 Å². The van der Waals surface area contributed by atoms with Crippen LogP contribution in [-0.2, 0) is 0 Å². The van der Waals surface area contributed by atoms with Crippen molar-refractivity contribution in [1.82, 2.24) is 25.0 Å². The predicted molar refractivity (Wildman–Crippen MR) is 64.4 cm³/mol. The molecule has 1 saturated carbocycles. The molecule has 94 valence electrons. The molecule has 18 heavy (non-hydrogen) atoms. The molecule has 0 saturated heterocycles. The van der Waals surface area contributed by atoms with Gasteiger partial charge in [-0.05, 0) is 43.7 Å². The number of hydrogen-bond acceptors (Lipinski definition) is 5. The molecular weight excluding hydrogens is 230 g/mol. The number of hydrogen-bond donors (Lipinski definition) is 1. The minimum absolute atomic E-state index is 0.240. The highest BCUT2D eigenvalue weighted by Gasteiger charge is 2.38. The molecule has 1 N–H and O–H groups in total. The largest absolute Gasteiger partial charge is 0.396 e. The molecule has 0 amide bonds. The predicted octanol–water partition coefficient (Wildman–Crippen LogP) is 0.770. The Morgan fingerprint density at radius 2 is 2.28 bits per heavy atom. The van der Waals surface area contributed by atoms with Crippen LogP contribution in [-0.4, -0.2) is 36.7 Å². The zero-order valence-electron chi connectivity index (χ0n) is 10.4. The fraction of sp³-hybridized carbons (Fsp3) is 0.500. The molecule has 6 heteroatoms. The Labute approximate surface area is 105 Å². The second kappa shape index (κ2) is 4.13. The van der Waals surface area contributed by atoms with Crippen molar-refractivity contribution in [1.29, 1.82) is 0 Å². The molecule has 0 spiro atoms. The van der Waals surface area contributed by atoms with Crippen LogP contribution in [0.25, 0.3) is 5.82 Å². The summed E-state index contributed by atoms with van der Waals surface area (Å²) in [6.45, 7) is 3.98. The summed E-state index contributed by atoms with van der Waals surface area (Å²) in [6.07, 6.45) is 2.79. The molecule has 2 aromatic heterocycles. The molecule has 0 aromatic carbocycles. The molecule has 3 rings (SSSR count). The summed E-state index contributed by atoms with van der Waals surface area (Å²) in [5.41, 5.74) is 1.12. The average molecular weight is 245 g/mol. The Kier molecular flexibility index (Phi) is 2.59. The van der Waals surface area contributed by atoms with Gasteiger partial charge in [0.25, 0.3) is 0 Å². The van der Waals surface area contributed by atoms with E-state index in [0.717, 1.165) is 23.6 Å². The maximum atomic E-state index is 9.11. The van der Waals surface area contributed by atoms with Crippen LogP contribution in [0.5, 0.6) is 0 Å². The van der Waals surface area contributed by atoms with Gasteiger partial charge in [0.2, 0.25) is 0 Å². The molecule has 1 aliphatic rings. The Balaban J connectivity index is 1.94. The van der Waals surface area contributed by atoms with Gasteiger partial charge in [-0.15, -0.1) is 10.2 Å². The number of aliphatic hydroxyl groups excluding tert-OH is 1. The van der Waals surface area contributed by atoms with Crippen molar-refractivity contribution in [3.63, 3.8) is 0 Å². The number of nitrogens with zero attached hydrogens (tertiary/aromatic N) is 5. The molecule has 6 nitrogen and oxygen atoms in total. The van der Waals surface area contributed by atoms with E-state index in [1.165, 1.54) is 0 Å². The summed E-state index contributed by atoms with van der Waals surface area (Å²) in [4.78, 5) is 4.25. The van der Waals surface area contributed by atoms with E-state index >= 15 is 0 Å². The second-order valence-electron chi connectivity index (χ2n) is 4.75. The van der Waals surface area contributed by atoms with E-state index < -0.39 is 0 Å². The van der Waals surface area contributed by atoms with Crippen LogP contribution in [0.1, 0.15) is 29.6 Å². The molecule has 0 unspecified atom stereocenters. The zero-order valence-corrected chi connectivity index (χ0v) is 10.4. The van der Waals surface area contributed by atoms with Crippen LogP contribution in [0, 0.1) is 19.8 Å². The van der Waals surface area contributed by atoms with Gasteiger partial charge in [-0.1, -0.05) is 0 Å². The van der Waals surface area contributed by atoms with Crippen LogP contribution < -0.4 is 0 Å². The highest BCUT2D eigenvalue weighted by atomic mass is 16.3. The topological polar surface area (TPSA) is 76.7 Å². The van der Waals surface area contributed by atoms with Gasteiger partial charge in [-0.2, -0.15) is 9.78 Å². The Bertz CT molecular complexity index is 580. The van der Waals surface area contributed by atoms with Crippen molar-refractivity contribution in [2.45, 2.75) is 26.2 Å². The third-order valence-electron chi connectivity index (χ3n) is 3.34. The summed E-state index contributed by atoms with van der Waals surface area (Å²) < 4.78 is 1.70. The van der Waals surface area contributed by atoms with E-state index in [1.807, 2.05) is 19.9 Å². The maximum Gasteiger partial charge on any atom is 0.178 e. The van der Waals surface area contributed by atoms with Gasteiger partial charge in [-0.3, -0.25) is 0 Å². The van der Waals surface area contributed by atoms with Gasteiger partial charge in [0, 0.05) is 6.61 Å². The monoisotopic (exact) mass is 245 g/mol. The van der Waals surface area contributed by atoms with Crippen LogP contribution in [0.15, 0.2) is 12.3 Å². The normalized spacial score (nSPS) is 22.2. The van der Waals surface area contributed by atoms with Crippen LogP contribution in [0.3, 0.4) is 0 Å². The molecule has 2 aromatic rings. The van der Waals surface area contributed by atoms with Gasteiger partial charge in [-0.25, -0.2) is 4.98 Å². The molecule has 1 fully saturated rings. The van der Waals surface area contributed by atoms with E-state index in [-0.39, 0.29) is 6.61 Å². The lowest BCUT2D eigenvalue weighted by molar-refractivity contribution is 0.274. The highest BCUT2D eigenvalue weighted by Crippen LogP contribution is 2.46. The number of aryl methyl sites for hydroxylation is 2. The van der Waals surface area contributed by atoms with Crippen molar-refractivity contribution >= 4 is 0 Å². The van der Waals surface area contributed by atoms with E-state index in [2.05, 4.69) is 20.3 Å². The standard InChI is InChI=1S/C12H15N5O/c1-7-14-8(2)17(16-7)12-4-9(5-13-15-12)11-3-10(11)6-18/h4-5,10-11,18H,3,6H2,1-2H3/t10-,11-/m1/s1. The van der Waals surface area contributed by atoms with Crippen molar-refractivity contribution < 1.29 is 5.11 Å². The van der Waals surface area contributed by atoms with Crippen molar-refractivity contribution in [3.05, 3.63) is 29.5 Å². The minimum Gasteiger partial charge on any atom is -0.396 e. The fourth-order valence-electron chi connectivity index (χ4n) is 2.27. The summed E-state index contributed by atoms with van der Waals surface area (Å²) in [5, 5.41) is 21.5. The molecular formula is C12H15N5O. The first-order valence-electron chi connectivity index (χ1n) is 6.03. The first-order valence-corrected chi connectivity index (χ1v) is 6.03. The Morgan fingerprint density at radius 3 is 2.89 bits per heavy atom. The van der Waals surface area contributed by atoms with Crippen LogP contribution in [0.4, 0.5) is 0 Å². The maximum absolute atomic E-state index is 9.11. The van der Waals surface area contributed by atoms with E-state index in [4.69, 9.17) is 5.11 Å². The SMILES string of the molecule is Cc1nc(C)n(-c2cc([C@H]3C[C@@H]3CO)cnn2)n1. The summed E-state index contributed by atoms with van der Waals surface area (Å²) in [6, 6.07) is 1.98. The third kappa shape index (κ3) is 1.88. The Morgan fingerprint density at radius 1 is 1.44 bits per heavy atom. The summed E-state index contributed by atoms with van der Waals surface area (Å²) >= 11 is 0. The average Bonchev–Trinajstić information content (AvgIpc) is 3.08. The van der Waals surface area contributed by atoms with Crippen molar-refractivity contribution in [3.8, 4) is 5.82 Å². The van der Waals surface area contributed by atoms with Gasteiger partial charge in [0.15, 0.2) is 5.82 Å². The zero-order chi connectivity index (χ0) is 12.7. The lowest BCUT2D eigenvalue weighted by atomic mass is 10.1. The lowest BCUT2D eigenvalue weighted by Crippen LogP contribution is -2.04. The van der Waals surface area contributed by atoms with Gasteiger partial charge in [0.05, 0.1) is 6.20 Å². The van der Waals surface area contributed by atoms with Crippen molar-refractivity contribution in [2.75, 3.05) is 6.61 Å². The second-order valence-corrected chi connectivity index (χ2v) is 4.75. The molecule has 1 aliphatic carbocycles. The van der Waals surface area contributed by atoms with Crippen LogP contribution in [0.2, 0.25) is 0 Å². The number of aliphatic hydroxyl groups is 1. The highest BCUT2D eigenvalue weighted by molar-refractivity contribution is 5.31. The molecule has 2 atom stereocenters. The number of aromatic nitrogens is 5. The molecule has 2 heterocycles. The van der Waals surface area contributed by atoms with E-state index in [0.29, 0.717) is 17.7 Å². The Hall–Kier alpha value is -1.82. The third-order valence-corrected chi connectivity index (χ3v) is 3.34. The smallest absolute Gasteiger partial charge is 0.178 e. The molecule has 0 aliphatic heterocycles. The van der Waals surface area contributed by atoms with E-state index in [1.54, 1.807) is 10.9 Å².